The summed E-state index contributed by atoms with van der Waals surface area (Å²) in [6.45, 7) is 9.16. The van der Waals surface area contributed by atoms with Crippen molar-refractivity contribution < 1.29 is 4.79 Å². The summed E-state index contributed by atoms with van der Waals surface area (Å²) in [5.74, 6) is -0.0217. The fourth-order valence-electron chi connectivity index (χ4n) is 3.78. The second-order valence-electron chi connectivity index (χ2n) is 7.87. The first-order chi connectivity index (χ1) is 14.6. The van der Waals surface area contributed by atoms with Gasteiger partial charge in [-0.15, -0.1) is 11.3 Å². The van der Waals surface area contributed by atoms with Gasteiger partial charge < -0.3 is 10.2 Å². The van der Waals surface area contributed by atoms with Crippen LogP contribution in [0.15, 0.2) is 53.9 Å². The Balaban J connectivity index is 1.26. The number of anilines is 2. The molecule has 1 N–H and O–H groups in total. The third-order valence-corrected chi connectivity index (χ3v) is 6.36. The Bertz CT molecular complexity index is 990. The Labute approximate surface area is 182 Å². The lowest BCUT2D eigenvalue weighted by Gasteiger charge is -2.36. The first-order valence-electron chi connectivity index (χ1n) is 10.4. The molecule has 0 atom stereocenters. The largest absolute Gasteiger partial charge is 0.369 e. The van der Waals surface area contributed by atoms with E-state index in [-0.39, 0.29) is 5.91 Å². The fraction of sp³-hybridized carbons (Fsp3) is 0.333. The molecule has 1 aromatic heterocycles. The summed E-state index contributed by atoms with van der Waals surface area (Å²) in [5.41, 5.74) is 5.74. The Hall–Kier alpha value is -2.70. The van der Waals surface area contributed by atoms with E-state index >= 15 is 0 Å². The summed E-state index contributed by atoms with van der Waals surface area (Å²) in [6, 6.07) is 16.4. The lowest BCUT2D eigenvalue weighted by Crippen LogP contribution is -2.46. The van der Waals surface area contributed by atoms with Gasteiger partial charge in [-0.25, -0.2) is 4.98 Å². The molecule has 0 radical (unpaired) electrons. The van der Waals surface area contributed by atoms with E-state index in [4.69, 9.17) is 4.98 Å². The van der Waals surface area contributed by atoms with Gasteiger partial charge in [0.25, 0.3) is 0 Å². The second-order valence-corrected chi connectivity index (χ2v) is 8.82. The molecule has 0 saturated carbocycles. The molecule has 0 aliphatic carbocycles. The average Bonchev–Trinajstić information content (AvgIpc) is 3.17. The van der Waals surface area contributed by atoms with Crippen LogP contribution in [0.4, 0.5) is 11.4 Å². The number of nitrogens with zero attached hydrogens (tertiary/aromatic N) is 3. The number of thiazole rings is 1. The van der Waals surface area contributed by atoms with Crippen LogP contribution >= 0.6 is 11.3 Å². The summed E-state index contributed by atoms with van der Waals surface area (Å²) in [5, 5.41) is 5.90. The minimum absolute atomic E-state index is 0.0217. The molecular weight excluding hydrogens is 392 g/mol. The zero-order valence-electron chi connectivity index (χ0n) is 17.6. The van der Waals surface area contributed by atoms with Gasteiger partial charge in [0.15, 0.2) is 0 Å². The van der Waals surface area contributed by atoms with Crippen molar-refractivity contribution in [3.05, 3.63) is 75.7 Å². The van der Waals surface area contributed by atoms with Crippen molar-refractivity contribution >= 4 is 28.6 Å². The molecule has 0 unspecified atom stereocenters. The Kier molecular flexibility index (Phi) is 6.45. The third-order valence-electron chi connectivity index (χ3n) is 5.46. The van der Waals surface area contributed by atoms with Crippen molar-refractivity contribution in [2.75, 3.05) is 36.4 Å². The van der Waals surface area contributed by atoms with Gasteiger partial charge in [-0.3, -0.25) is 9.69 Å². The lowest BCUT2D eigenvalue weighted by molar-refractivity contribution is -0.115. The molecule has 2 heterocycles. The number of hydrogen-bond donors (Lipinski definition) is 1. The maximum absolute atomic E-state index is 12.3. The van der Waals surface area contributed by atoms with Crippen molar-refractivity contribution in [3.8, 4) is 0 Å². The van der Waals surface area contributed by atoms with Crippen LogP contribution in [0.3, 0.4) is 0 Å². The van der Waals surface area contributed by atoms with Gasteiger partial charge in [0.2, 0.25) is 5.91 Å². The van der Waals surface area contributed by atoms with Crippen LogP contribution < -0.4 is 10.2 Å². The van der Waals surface area contributed by atoms with Gasteiger partial charge in [-0.05, 0) is 37.6 Å². The zero-order valence-corrected chi connectivity index (χ0v) is 18.4. The normalized spacial score (nSPS) is 14.7. The molecule has 4 rings (SSSR count). The molecule has 1 amide bonds. The standard InChI is InChI=1S/C24H28N4OS/c1-18-7-9-20(10-8-18)25-23(29)15-24-26-21(17-30-24)16-27-11-13-28(14-12-27)22-6-4-3-5-19(22)2/h3-10,17H,11-16H2,1-2H3,(H,25,29). The molecule has 30 heavy (non-hydrogen) atoms. The molecule has 3 aromatic rings. The smallest absolute Gasteiger partial charge is 0.231 e. The number of piperazine rings is 1. The highest BCUT2D eigenvalue weighted by molar-refractivity contribution is 7.09. The predicted molar refractivity (Wildman–Crippen MR) is 124 cm³/mol. The van der Waals surface area contributed by atoms with Crippen LogP contribution in [0, 0.1) is 13.8 Å². The zero-order chi connectivity index (χ0) is 20.9. The number of carbonyl (C=O) groups excluding carboxylic acids is 1. The maximum Gasteiger partial charge on any atom is 0.231 e. The van der Waals surface area contributed by atoms with E-state index in [0.717, 1.165) is 49.1 Å². The van der Waals surface area contributed by atoms with Crippen molar-refractivity contribution in [1.29, 1.82) is 0 Å². The predicted octanol–water partition coefficient (Wildman–Crippen LogP) is 4.26. The molecule has 1 fully saturated rings. The number of para-hydroxylation sites is 1. The van der Waals surface area contributed by atoms with Crippen molar-refractivity contribution in [2.45, 2.75) is 26.8 Å². The number of rotatable bonds is 6. The Morgan fingerprint density at radius 1 is 1.03 bits per heavy atom. The highest BCUT2D eigenvalue weighted by Gasteiger charge is 2.19. The van der Waals surface area contributed by atoms with Crippen molar-refractivity contribution in [1.82, 2.24) is 9.88 Å². The molecule has 0 bridgehead atoms. The van der Waals surface area contributed by atoms with Crippen LogP contribution in [0.5, 0.6) is 0 Å². The first kappa shape index (κ1) is 20.6. The van der Waals surface area contributed by atoms with Gasteiger partial charge in [0.1, 0.15) is 5.01 Å². The number of nitrogens with one attached hydrogen (secondary N) is 1. The van der Waals surface area contributed by atoms with Gasteiger partial charge in [0, 0.05) is 49.5 Å². The highest BCUT2D eigenvalue weighted by Crippen LogP contribution is 2.22. The molecular formula is C24H28N4OS. The monoisotopic (exact) mass is 420 g/mol. The molecule has 1 aliphatic rings. The van der Waals surface area contributed by atoms with Gasteiger partial charge in [0.05, 0.1) is 12.1 Å². The summed E-state index contributed by atoms with van der Waals surface area (Å²) >= 11 is 1.57. The minimum atomic E-state index is -0.0217. The SMILES string of the molecule is Cc1ccc(NC(=O)Cc2nc(CN3CCN(c4ccccc4C)CC3)cs2)cc1. The van der Waals surface area contributed by atoms with Crippen LogP contribution in [0.2, 0.25) is 0 Å². The van der Waals surface area contributed by atoms with E-state index in [9.17, 15) is 4.79 Å². The fourth-order valence-corrected chi connectivity index (χ4v) is 4.56. The van der Waals surface area contributed by atoms with Crippen LogP contribution in [0.25, 0.3) is 0 Å². The third kappa shape index (κ3) is 5.26. The summed E-state index contributed by atoms with van der Waals surface area (Å²) in [4.78, 5) is 21.9. The summed E-state index contributed by atoms with van der Waals surface area (Å²) in [7, 11) is 0. The van der Waals surface area contributed by atoms with Crippen molar-refractivity contribution in [3.63, 3.8) is 0 Å². The minimum Gasteiger partial charge on any atom is -0.369 e. The van der Waals surface area contributed by atoms with E-state index in [1.54, 1.807) is 11.3 Å². The van der Waals surface area contributed by atoms with Crippen LogP contribution in [0.1, 0.15) is 21.8 Å². The molecule has 156 valence electrons. The number of aryl methyl sites for hydroxylation is 2. The number of carbonyl (C=O) groups is 1. The van der Waals surface area contributed by atoms with E-state index in [0.29, 0.717) is 6.42 Å². The van der Waals surface area contributed by atoms with Gasteiger partial charge in [-0.1, -0.05) is 35.9 Å². The number of amides is 1. The Morgan fingerprint density at radius 3 is 2.50 bits per heavy atom. The van der Waals surface area contributed by atoms with E-state index in [1.165, 1.54) is 16.8 Å². The summed E-state index contributed by atoms with van der Waals surface area (Å²) < 4.78 is 0. The van der Waals surface area contributed by atoms with E-state index in [2.05, 4.69) is 51.7 Å². The number of hydrogen-bond acceptors (Lipinski definition) is 5. The summed E-state index contributed by atoms with van der Waals surface area (Å²) in [6.07, 6.45) is 0.319. The van der Waals surface area contributed by atoms with E-state index in [1.807, 2.05) is 31.2 Å². The molecule has 5 nitrogen and oxygen atoms in total. The lowest BCUT2D eigenvalue weighted by atomic mass is 10.1. The highest BCUT2D eigenvalue weighted by atomic mass is 32.1. The van der Waals surface area contributed by atoms with Crippen LogP contribution in [-0.4, -0.2) is 42.0 Å². The Morgan fingerprint density at radius 2 is 1.77 bits per heavy atom. The van der Waals surface area contributed by atoms with Gasteiger partial charge >= 0.3 is 0 Å². The first-order valence-corrected chi connectivity index (χ1v) is 11.3. The molecule has 2 aromatic carbocycles. The molecule has 1 aliphatic heterocycles. The molecule has 6 heteroatoms. The topological polar surface area (TPSA) is 48.5 Å². The number of aromatic nitrogens is 1. The van der Waals surface area contributed by atoms with Crippen molar-refractivity contribution in [2.24, 2.45) is 0 Å². The van der Waals surface area contributed by atoms with Gasteiger partial charge in [-0.2, -0.15) is 0 Å². The number of benzene rings is 2. The molecule has 1 saturated heterocycles. The van der Waals surface area contributed by atoms with Crippen LogP contribution in [-0.2, 0) is 17.8 Å². The maximum atomic E-state index is 12.3. The second kappa shape index (κ2) is 9.41. The average molecular weight is 421 g/mol. The van der Waals surface area contributed by atoms with E-state index < -0.39 is 0 Å². The molecule has 0 spiro atoms. The quantitative estimate of drug-likeness (QED) is 0.647.